The summed E-state index contributed by atoms with van der Waals surface area (Å²) in [6.07, 6.45) is 3.49. The van der Waals surface area contributed by atoms with Crippen LogP contribution in [0.15, 0.2) is 51.3 Å². The van der Waals surface area contributed by atoms with Crippen LogP contribution in [0, 0.1) is 0 Å². The third-order valence-electron chi connectivity index (χ3n) is 2.02. The highest BCUT2D eigenvalue weighted by Gasteiger charge is 2.02. The van der Waals surface area contributed by atoms with E-state index in [1.807, 2.05) is 24.5 Å². The van der Waals surface area contributed by atoms with Gasteiger partial charge in [-0.15, -0.1) is 0 Å². The summed E-state index contributed by atoms with van der Waals surface area (Å²) in [4.78, 5) is 16.0. The summed E-state index contributed by atoms with van der Waals surface area (Å²) in [7, 11) is 0. The maximum Gasteiger partial charge on any atom is 0.200 e. The lowest BCUT2D eigenvalue weighted by atomic mass is 10.1. The van der Waals surface area contributed by atoms with Crippen LogP contribution in [0.1, 0.15) is 10.4 Å². The fourth-order valence-corrected chi connectivity index (χ4v) is 3.11. The molecule has 92 valence electrons. The number of carbonyl (C=O) groups is 1. The molecule has 3 nitrogen and oxygen atoms in total. The van der Waals surface area contributed by atoms with Crippen LogP contribution in [-0.2, 0) is 0 Å². The van der Waals surface area contributed by atoms with E-state index in [1.165, 1.54) is 35.1 Å². The average molecular weight is 294 g/mol. The van der Waals surface area contributed by atoms with Crippen LogP contribution in [0.4, 0.5) is 0 Å². The van der Waals surface area contributed by atoms with E-state index in [2.05, 4.69) is 9.36 Å². The van der Waals surface area contributed by atoms with E-state index in [1.54, 1.807) is 23.6 Å². The van der Waals surface area contributed by atoms with Crippen LogP contribution in [-0.4, -0.2) is 21.4 Å². The minimum absolute atomic E-state index is 0.00212. The average Bonchev–Trinajstić information content (AvgIpc) is 2.87. The molecule has 1 aromatic heterocycles. The van der Waals surface area contributed by atoms with Gasteiger partial charge in [0.1, 0.15) is 0 Å². The molecule has 0 aliphatic heterocycles. The number of benzene rings is 1. The lowest BCUT2D eigenvalue weighted by molar-refractivity contribution is 0.104. The molecule has 2 aromatic rings. The Morgan fingerprint density at radius 3 is 2.78 bits per heavy atom. The largest absolute Gasteiger partial charge is 0.289 e. The van der Waals surface area contributed by atoms with Crippen LogP contribution in [0.5, 0.6) is 0 Å². The number of nitrogens with zero attached hydrogens (tertiary/aromatic N) is 2. The number of hydrogen-bond donors (Lipinski definition) is 0. The maximum atomic E-state index is 11.8. The van der Waals surface area contributed by atoms with Gasteiger partial charge in [0.25, 0.3) is 0 Å². The summed E-state index contributed by atoms with van der Waals surface area (Å²) in [6, 6.07) is 9.19. The molecule has 0 amide bonds. The zero-order valence-electron chi connectivity index (χ0n) is 9.57. The van der Waals surface area contributed by atoms with Gasteiger partial charge in [-0.3, -0.25) is 4.79 Å². The quantitative estimate of drug-likeness (QED) is 0.477. The van der Waals surface area contributed by atoms with E-state index in [0.717, 1.165) is 9.50 Å². The summed E-state index contributed by atoms with van der Waals surface area (Å²) in [6.45, 7) is 0. The molecule has 6 heteroatoms. The third-order valence-corrected chi connectivity index (χ3v) is 4.27. The van der Waals surface area contributed by atoms with Crippen LogP contribution in [0.2, 0.25) is 0 Å². The topological polar surface area (TPSA) is 42.9 Å². The number of carbonyl (C=O) groups excluding carboxylic acids is 1. The molecule has 0 saturated carbocycles. The van der Waals surface area contributed by atoms with Gasteiger partial charge >= 0.3 is 0 Å². The second-order valence-corrected chi connectivity index (χ2v) is 5.88. The number of aromatic nitrogens is 2. The zero-order valence-corrected chi connectivity index (χ0v) is 12.0. The Labute approximate surface area is 118 Å². The molecule has 0 spiro atoms. The molecule has 0 bridgehead atoms. The fraction of sp³-hybridized carbons (Fsp3) is 0.0833. The molecule has 0 fully saturated rings. The van der Waals surface area contributed by atoms with Crippen molar-refractivity contribution < 1.29 is 4.79 Å². The fourth-order valence-electron chi connectivity index (χ4n) is 1.18. The Kier molecular flexibility index (Phi) is 4.98. The van der Waals surface area contributed by atoms with Crippen molar-refractivity contribution in [3.8, 4) is 0 Å². The highest BCUT2D eigenvalue weighted by Crippen LogP contribution is 2.24. The summed E-state index contributed by atoms with van der Waals surface area (Å²) in [5.74, 6) is -0.00212. The number of allylic oxidation sites excluding steroid dienone is 1. The molecule has 18 heavy (non-hydrogen) atoms. The van der Waals surface area contributed by atoms with Crippen molar-refractivity contribution >= 4 is 40.8 Å². The van der Waals surface area contributed by atoms with Crippen LogP contribution >= 0.6 is 35.1 Å². The predicted octanol–water partition coefficient (Wildman–Crippen LogP) is 3.75. The van der Waals surface area contributed by atoms with E-state index in [4.69, 9.17) is 0 Å². The van der Waals surface area contributed by atoms with Crippen LogP contribution in [0.25, 0.3) is 0 Å². The summed E-state index contributed by atoms with van der Waals surface area (Å²) in [5, 5.41) is 2.52. The van der Waals surface area contributed by atoms with Gasteiger partial charge in [0.05, 0.1) is 0 Å². The van der Waals surface area contributed by atoms with E-state index in [-0.39, 0.29) is 5.78 Å². The first-order valence-electron chi connectivity index (χ1n) is 5.10. The zero-order chi connectivity index (χ0) is 12.8. The van der Waals surface area contributed by atoms with E-state index in [9.17, 15) is 4.79 Å². The lowest BCUT2D eigenvalue weighted by Gasteiger charge is -1.93. The number of thioether (sulfide) groups is 2. The monoisotopic (exact) mass is 294 g/mol. The molecule has 0 saturated heterocycles. The van der Waals surface area contributed by atoms with Crippen molar-refractivity contribution in [3.63, 3.8) is 0 Å². The van der Waals surface area contributed by atoms with E-state index >= 15 is 0 Å². The highest BCUT2D eigenvalue weighted by molar-refractivity contribution is 8.03. The van der Waals surface area contributed by atoms with E-state index in [0.29, 0.717) is 5.56 Å². The van der Waals surface area contributed by atoms with Crippen molar-refractivity contribution in [3.05, 3.63) is 47.4 Å². The smallest absolute Gasteiger partial charge is 0.200 e. The summed E-state index contributed by atoms with van der Waals surface area (Å²) >= 11 is 4.26. The Hall–Kier alpha value is -1.11. The Bertz CT molecular complexity index is 551. The molecule has 0 aliphatic rings. The van der Waals surface area contributed by atoms with Crippen molar-refractivity contribution in [2.24, 2.45) is 0 Å². The number of rotatable bonds is 5. The molecule has 0 unspecified atom stereocenters. The van der Waals surface area contributed by atoms with Gasteiger partial charge in [0.15, 0.2) is 10.1 Å². The van der Waals surface area contributed by atoms with Gasteiger partial charge in [0, 0.05) is 5.56 Å². The van der Waals surface area contributed by atoms with Crippen molar-refractivity contribution in [1.82, 2.24) is 9.36 Å². The van der Waals surface area contributed by atoms with Crippen molar-refractivity contribution in [2.75, 3.05) is 6.26 Å². The summed E-state index contributed by atoms with van der Waals surface area (Å²) < 4.78 is 4.99. The molecule has 2 rings (SSSR count). The second kappa shape index (κ2) is 6.72. The highest BCUT2D eigenvalue weighted by atomic mass is 32.2. The van der Waals surface area contributed by atoms with Gasteiger partial charge in [-0.25, -0.2) is 4.98 Å². The Balaban J connectivity index is 1.93. The SMILES string of the molecule is CSc1nsc(SC=CC(=O)c2ccccc2)n1. The first-order valence-corrected chi connectivity index (χ1v) is 7.97. The molecule has 0 atom stereocenters. The lowest BCUT2D eigenvalue weighted by Crippen LogP contribution is -1.92. The van der Waals surface area contributed by atoms with Crippen LogP contribution in [0.3, 0.4) is 0 Å². The minimum atomic E-state index is -0.00212. The molecule has 0 N–H and O–H groups in total. The third kappa shape index (κ3) is 3.69. The molecular weight excluding hydrogens is 284 g/mol. The first-order chi connectivity index (χ1) is 8.79. The number of hydrogen-bond acceptors (Lipinski definition) is 6. The molecule has 1 heterocycles. The molecule has 1 aromatic carbocycles. The molecule has 0 aliphatic carbocycles. The van der Waals surface area contributed by atoms with E-state index < -0.39 is 0 Å². The minimum Gasteiger partial charge on any atom is -0.289 e. The molecular formula is C12H10N2OS3. The van der Waals surface area contributed by atoms with Gasteiger partial charge in [-0.05, 0) is 29.3 Å². The number of ketones is 1. The standard InChI is InChI=1S/C12H10N2OS3/c1-16-11-13-12(18-14-11)17-8-7-10(15)9-5-3-2-4-6-9/h2-8H,1H3. The van der Waals surface area contributed by atoms with Gasteiger partial charge in [-0.2, -0.15) is 4.37 Å². The van der Waals surface area contributed by atoms with Crippen molar-refractivity contribution in [1.29, 1.82) is 0 Å². The van der Waals surface area contributed by atoms with Crippen LogP contribution < -0.4 is 0 Å². The normalized spacial score (nSPS) is 10.9. The Morgan fingerprint density at radius 1 is 1.33 bits per heavy atom. The Morgan fingerprint density at radius 2 is 2.11 bits per heavy atom. The second-order valence-electron chi connectivity index (χ2n) is 3.20. The van der Waals surface area contributed by atoms with Gasteiger partial charge in [-0.1, -0.05) is 53.9 Å². The first kappa shape index (κ1) is 13.3. The molecule has 0 radical (unpaired) electrons. The van der Waals surface area contributed by atoms with Gasteiger partial charge < -0.3 is 0 Å². The maximum absolute atomic E-state index is 11.8. The van der Waals surface area contributed by atoms with Gasteiger partial charge in [0.2, 0.25) is 5.16 Å². The summed E-state index contributed by atoms with van der Waals surface area (Å²) in [5.41, 5.74) is 0.691. The van der Waals surface area contributed by atoms with Crippen molar-refractivity contribution in [2.45, 2.75) is 9.50 Å². The predicted molar refractivity (Wildman–Crippen MR) is 77.5 cm³/mol.